The summed E-state index contributed by atoms with van der Waals surface area (Å²) in [5.41, 5.74) is -0.932. The third-order valence-corrected chi connectivity index (χ3v) is 5.05. The molecule has 0 bridgehead atoms. The monoisotopic (exact) mass is 357 g/mol. The van der Waals surface area contributed by atoms with Gasteiger partial charge in [0.25, 0.3) is 0 Å². The van der Waals surface area contributed by atoms with Gasteiger partial charge in [0.2, 0.25) is 0 Å². The lowest BCUT2D eigenvalue weighted by molar-refractivity contribution is -0.107. The van der Waals surface area contributed by atoms with Crippen LogP contribution in [0.1, 0.15) is 33.3 Å². The SMILES string of the molecule is COP(=O)(Oc1ccccc1CNC(=O)OC(C)(C)C)C(C)C=O. The molecule has 24 heavy (non-hydrogen) atoms. The summed E-state index contributed by atoms with van der Waals surface area (Å²) in [6.07, 6.45) is -0.0558. The molecule has 0 saturated heterocycles. The second kappa shape index (κ2) is 8.31. The highest BCUT2D eigenvalue weighted by Crippen LogP contribution is 2.51. The van der Waals surface area contributed by atoms with Crippen LogP contribution < -0.4 is 9.84 Å². The van der Waals surface area contributed by atoms with Crippen molar-refractivity contribution in [2.45, 2.75) is 45.5 Å². The molecule has 7 nitrogen and oxygen atoms in total. The fraction of sp³-hybridized carbons (Fsp3) is 0.500. The first-order valence-electron chi connectivity index (χ1n) is 7.46. The summed E-state index contributed by atoms with van der Waals surface area (Å²) in [4.78, 5) is 22.7. The van der Waals surface area contributed by atoms with Crippen LogP contribution in [-0.4, -0.2) is 30.7 Å². The summed E-state index contributed by atoms with van der Waals surface area (Å²) in [5.74, 6) is 0.271. The summed E-state index contributed by atoms with van der Waals surface area (Å²) in [5, 5.41) is 2.60. The Balaban J connectivity index is 2.87. The molecule has 1 rings (SSSR count). The highest BCUT2D eigenvalue weighted by Gasteiger charge is 2.33. The Hall–Kier alpha value is -1.85. The lowest BCUT2D eigenvalue weighted by Gasteiger charge is -2.22. The van der Waals surface area contributed by atoms with E-state index in [1.54, 1.807) is 45.0 Å². The lowest BCUT2D eigenvalue weighted by atomic mass is 10.2. The number of carbonyl (C=O) groups is 2. The summed E-state index contributed by atoms with van der Waals surface area (Å²) >= 11 is 0. The van der Waals surface area contributed by atoms with Gasteiger partial charge in [0.15, 0.2) is 0 Å². The van der Waals surface area contributed by atoms with Gasteiger partial charge in [-0.1, -0.05) is 18.2 Å². The van der Waals surface area contributed by atoms with E-state index in [0.29, 0.717) is 11.8 Å². The predicted molar refractivity (Wildman–Crippen MR) is 90.3 cm³/mol. The Bertz CT molecular complexity index is 625. The molecule has 134 valence electrons. The predicted octanol–water partition coefficient (Wildman–Crippen LogP) is 3.52. The van der Waals surface area contributed by atoms with E-state index in [1.165, 1.54) is 14.0 Å². The zero-order chi connectivity index (χ0) is 18.4. The highest BCUT2D eigenvalue weighted by atomic mass is 31.2. The molecule has 1 amide bonds. The van der Waals surface area contributed by atoms with E-state index in [0.717, 1.165) is 0 Å². The Morgan fingerprint density at radius 2 is 1.96 bits per heavy atom. The number of alkyl carbamates (subject to hydrolysis) is 1. The van der Waals surface area contributed by atoms with Crippen LogP contribution in [0.15, 0.2) is 24.3 Å². The maximum atomic E-state index is 12.6. The molecule has 0 spiro atoms. The smallest absolute Gasteiger partial charge is 0.407 e. The number of ether oxygens (including phenoxy) is 1. The van der Waals surface area contributed by atoms with Gasteiger partial charge in [-0.25, -0.2) is 9.36 Å². The van der Waals surface area contributed by atoms with E-state index in [4.69, 9.17) is 13.8 Å². The summed E-state index contributed by atoms with van der Waals surface area (Å²) in [6, 6.07) is 6.74. The van der Waals surface area contributed by atoms with Crippen molar-refractivity contribution < 1.29 is 27.9 Å². The van der Waals surface area contributed by atoms with E-state index in [9.17, 15) is 14.2 Å². The van der Waals surface area contributed by atoms with Crippen LogP contribution in [0, 0.1) is 0 Å². The van der Waals surface area contributed by atoms with Gasteiger partial charge in [0.05, 0.1) is 0 Å². The molecule has 2 unspecified atom stereocenters. The van der Waals surface area contributed by atoms with Gasteiger partial charge < -0.3 is 23.9 Å². The molecule has 1 aromatic rings. The van der Waals surface area contributed by atoms with Crippen LogP contribution in [0.5, 0.6) is 5.75 Å². The summed E-state index contributed by atoms with van der Waals surface area (Å²) in [7, 11) is -2.41. The fourth-order valence-electron chi connectivity index (χ4n) is 1.72. The van der Waals surface area contributed by atoms with Gasteiger partial charge in [0, 0.05) is 19.2 Å². The normalized spacial score (nSPS) is 15.0. The molecule has 8 heteroatoms. The maximum absolute atomic E-state index is 12.6. The first kappa shape index (κ1) is 20.2. The number of nitrogens with one attached hydrogen (secondary N) is 1. The van der Waals surface area contributed by atoms with Crippen molar-refractivity contribution in [3.8, 4) is 5.75 Å². The van der Waals surface area contributed by atoms with Crippen LogP contribution in [0.2, 0.25) is 0 Å². The lowest BCUT2D eigenvalue weighted by Crippen LogP contribution is -2.32. The molecule has 0 saturated carbocycles. The standard InChI is InChI=1S/C16H24NO6P/c1-12(11-18)24(20,21-5)23-14-9-7-6-8-13(14)10-17-15(19)22-16(2,3)4/h6-9,11-12H,10H2,1-5H3,(H,17,19). The minimum absolute atomic E-state index is 0.115. The van der Waals surface area contributed by atoms with Crippen LogP contribution in [-0.2, 0) is 25.2 Å². The number of para-hydroxylation sites is 1. The van der Waals surface area contributed by atoms with E-state index >= 15 is 0 Å². The molecule has 0 radical (unpaired) electrons. The molecule has 0 aliphatic heterocycles. The quantitative estimate of drug-likeness (QED) is 0.593. The number of hydrogen-bond donors (Lipinski definition) is 1. The number of aldehydes is 1. The highest BCUT2D eigenvalue weighted by molar-refractivity contribution is 7.56. The number of rotatable bonds is 7. The van der Waals surface area contributed by atoms with Crippen LogP contribution in [0.4, 0.5) is 4.79 Å². The van der Waals surface area contributed by atoms with Crippen molar-refractivity contribution in [1.82, 2.24) is 5.32 Å². The Labute approximate surface area is 142 Å². The summed E-state index contributed by atoms with van der Waals surface area (Å²) < 4.78 is 28.1. The number of benzene rings is 1. The van der Waals surface area contributed by atoms with Crippen LogP contribution in [0.3, 0.4) is 0 Å². The van der Waals surface area contributed by atoms with E-state index in [-0.39, 0.29) is 12.3 Å². The van der Waals surface area contributed by atoms with Crippen LogP contribution in [0.25, 0.3) is 0 Å². The zero-order valence-corrected chi connectivity index (χ0v) is 15.5. The van der Waals surface area contributed by atoms with Crippen molar-refractivity contribution in [2.75, 3.05) is 7.11 Å². The first-order valence-corrected chi connectivity index (χ1v) is 9.07. The average Bonchev–Trinajstić information content (AvgIpc) is 2.51. The second-order valence-electron chi connectivity index (χ2n) is 6.15. The maximum Gasteiger partial charge on any atom is 0.407 e. The van der Waals surface area contributed by atoms with Gasteiger partial charge in [-0.2, -0.15) is 0 Å². The van der Waals surface area contributed by atoms with Gasteiger partial charge in [-0.3, -0.25) is 0 Å². The minimum Gasteiger partial charge on any atom is -0.444 e. The number of hydrogen-bond acceptors (Lipinski definition) is 6. The molecule has 0 heterocycles. The van der Waals surface area contributed by atoms with Gasteiger partial charge in [0.1, 0.15) is 23.3 Å². The zero-order valence-electron chi connectivity index (χ0n) is 14.6. The van der Waals surface area contributed by atoms with E-state index in [2.05, 4.69) is 5.32 Å². The van der Waals surface area contributed by atoms with Gasteiger partial charge in [-0.05, 0) is 33.8 Å². The topological polar surface area (TPSA) is 90.9 Å². The average molecular weight is 357 g/mol. The molecule has 0 aliphatic carbocycles. The number of amides is 1. The summed E-state index contributed by atoms with van der Waals surface area (Å²) in [6.45, 7) is 6.86. The van der Waals surface area contributed by atoms with Crippen molar-refractivity contribution in [2.24, 2.45) is 0 Å². The number of carbonyl (C=O) groups excluding carboxylic acids is 2. The third kappa shape index (κ3) is 5.98. The van der Waals surface area contributed by atoms with E-state index < -0.39 is 24.9 Å². The molecule has 1 N–H and O–H groups in total. The Morgan fingerprint density at radius 3 is 2.50 bits per heavy atom. The second-order valence-corrected chi connectivity index (χ2v) is 8.60. The van der Waals surface area contributed by atoms with Crippen molar-refractivity contribution >= 4 is 20.0 Å². The van der Waals surface area contributed by atoms with Crippen molar-refractivity contribution in [1.29, 1.82) is 0 Å². The molecule has 0 fully saturated rings. The van der Waals surface area contributed by atoms with Gasteiger partial charge >= 0.3 is 13.7 Å². The molecule has 0 aromatic heterocycles. The van der Waals surface area contributed by atoms with E-state index in [1.807, 2.05) is 0 Å². The Kier molecular flexibility index (Phi) is 6.99. The Morgan fingerprint density at radius 1 is 1.33 bits per heavy atom. The molecular formula is C16H24NO6P. The molecule has 0 aliphatic rings. The van der Waals surface area contributed by atoms with Crippen molar-refractivity contribution in [3.63, 3.8) is 0 Å². The van der Waals surface area contributed by atoms with Crippen LogP contribution >= 0.6 is 7.60 Å². The fourth-order valence-corrected chi connectivity index (χ4v) is 2.89. The van der Waals surface area contributed by atoms with Crippen molar-refractivity contribution in [3.05, 3.63) is 29.8 Å². The molecular weight excluding hydrogens is 333 g/mol. The molecule has 1 aromatic carbocycles. The van der Waals surface area contributed by atoms with Gasteiger partial charge in [-0.15, -0.1) is 0 Å². The third-order valence-electron chi connectivity index (χ3n) is 2.97. The minimum atomic E-state index is -3.63. The largest absolute Gasteiger partial charge is 0.444 e. The molecule has 2 atom stereocenters. The first-order chi connectivity index (χ1) is 11.1.